The Hall–Kier alpha value is -2.63. The Bertz CT molecular complexity index is 1080. The number of aromatic nitrogens is 2. The van der Waals surface area contributed by atoms with Crippen LogP contribution in [0.5, 0.6) is 0 Å². The normalized spacial score (nSPS) is 17.1. The second-order valence-corrected chi connectivity index (χ2v) is 9.60. The molecule has 12 heteroatoms. The molecule has 1 aliphatic heterocycles. The Morgan fingerprint density at radius 3 is 2.47 bits per heavy atom. The monoisotopic (exact) mass is 556 g/mol. The van der Waals surface area contributed by atoms with Gasteiger partial charge in [-0.3, -0.25) is 9.69 Å². The minimum Gasteiger partial charge on any atom is -0.399 e. The molecule has 210 valence electrons. The molecule has 8 nitrogen and oxygen atoms in total. The van der Waals surface area contributed by atoms with Crippen LogP contribution in [-0.4, -0.2) is 53.1 Å². The van der Waals surface area contributed by atoms with Crippen molar-refractivity contribution in [1.82, 2.24) is 20.2 Å². The maximum Gasteiger partial charge on any atom is 0.416 e. The molecule has 2 aromatic rings. The second-order valence-electron chi connectivity index (χ2n) is 9.26. The summed E-state index contributed by atoms with van der Waals surface area (Å²) < 4.78 is 45.1. The van der Waals surface area contributed by atoms with Crippen LogP contribution in [0.25, 0.3) is 0 Å². The molecule has 2 aliphatic rings. The lowest BCUT2D eigenvalue weighted by Gasteiger charge is -2.52. The van der Waals surface area contributed by atoms with Crippen LogP contribution in [0, 0.1) is 0 Å². The van der Waals surface area contributed by atoms with Gasteiger partial charge in [0.25, 0.3) is 0 Å². The highest BCUT2D eigenvalue weighted by Gasteiger charge is 2.42. The van der Waals surface area contributed by atoms with E-state index in [1.54, 1.807) is 0 Å². The van der Waals surface area contributed by atoms with Gasteiger partial charge < -0.3 is 21.1 Å². The van der Waals surface area contributed by atoms with Crippen LogP contribution in [0.1, 0.15) is 61.9 Å². The van der Waals surface area contributed by atoms with E-state index in [1.165, 1.54) is 12.5 Å². The third kappa shape index (κ3) is 7.48. The lowest BCUT2D eigenvalue weighted by atomic mass is 9.71. The molecule has 0 spiro atoms. The summed E-state index contributed by atoms with van der Waals surface area (Å²) in [5.74, 6) is 0.365. The zero-order valence-corrected chi connectivity index (χ0v) is 22.6. The highest BCUT2D eigenvalue weighted by atomic mass is 35.5. The fourth-order valence-corrected chi connectivity index (χ4v) is 5.24. The number of nitrogen functional groups attached to an aromatic ring is 1. The minimum absolute atomic E-state index is 0.0137. The highest BCUT2D eigenvalue weighted by molar-refractivity contribution is 6.28. The lowest BCUT2D eigenvalue weighted by Crippen LogP contribution is -2.57. The summed E-state index contributed by atoms with van der Waals surface area (Å²) in [4.78, 5) is 22.3. The van der Waals surface area contributed by atoms with Crippen molar-refractivity contribution in [1.29, 1.82) is 0 Å². The summed E-state index contributed by atoms with van der Waals surface area (Å²) >= 11 is 6.25. The number of alkyl halides is 3. The largest absolute Gasteiger partial charge is 0.416 e. The van der Waals surface area contributed by atoms with Gasteiger partial charge in [-0.05, 0) is 67.5 Å². The molecule has 1 saturated heterocycles. The predicted octanol–water partition coefficient (Wildman–Crippen LogP) is 4.80. The third-order valence-corrected chi connectivity index (χ3v) is 7.19. The van der Waals surface area contributed by atoms with Gasteiger partial charge in [-0.25, -0.2) is 9.97 Å². The van der Waals surface area contributed by atoms with Crippen molar-refractivity contribution in [2.45, 2.75) is 70.8 Å². The van der Waals surface area contributed by atoms with Crippen molar-refractivity contribution in [3.05, 3.63) is 45.9 Å². The molecule has 1 aromatic carbocycles. The van der Waals surface area contributed by atoms with Crippen molar-refractivity contribution in [2.75, 3.05) is 37.4 Å². The number of nitrogens with one attached hydrogen (secondary N) is 2. The van der Waals surface area contributed by atoms with E-state index in [0.717, 1.165) is 57.7 Å². The molecule has 1 saturated carbocycles. The first-order chi connectivity index (χ1) is 18.2. The standard InChI is InChI=1S/C24H30ClF3N6O2.C2H6/c25-22-32-20(2-5-23(3-1-4-23)34-6-8-36-9-7-34)19(14-30-15-35)21(33-22)31-13-16-10-17(24(26,27)28)12-18(29)11-16;1-2/h10-12,15H,1-9,13-14,29H2,(H,30,35)(H,31,32,33);1-2H3. The third-order valence-electron chi connectivity index (χ3n) is 7.02. The molecule has 4 rings (SSSR count). The van der Waals surface area contributed by atoms with Gasteiger partial charge in [0.15, 0.2) is 0 Å². The Labute approximate surface area is 226 Å². The molecule has 0 radical (unpaired) electrons. The first-order valence-electron chi connectivity index (χ1n) is 13.0. The SMILES string of the molecule is CC.Nc1cc(CNc2nc(Cl)nc(CCC3(N4CCOCC4)CCC3)c2CNC=O)cc(C(F)(F)F)c1. The summed E-state index contributed by atoms with van der Waals surface area (Å²) in [5.41, 5.74) is 6.68. The van der Waals surface area contributed by atoms with Gasteiger partial charge in [0.05, 0.1) is 24.5 Å². The van der Waals surface area contributed by atoms with Crippen LogP contribution in [0.15, 0.2) is 18.2 Å². The number of morpholine rings is 1. The lowest BCUT2D eigenvalue weighted by molar-refractivity contribution is -0.137. The first-order valence-corrected chi connectivity index (χ1v) is 13.3. The number of benzene rings is 1. The van der Waals surface area contributed by atoms with Crippen molar-refractivity contribution in [2.24, 2.45) is 0 Å². The van der Waals surface area contributed by atoms with Crippen LogP contribution in [-0.2, 0) is 35.2 Å². The molecule has 38 heavy (non-hydrogen) atoms. The van der Waals surface area contributed by atoms with E-state index in [1.807, 2.05) is 13.8 Å². The topological polar surface area (TPSA) is 105 Å². The number of ether oxygens (including phenoxy) is 1. The fourth-order valence-electron chi connectivity index (χ4n) is 5.05. The smallest absolute Gasteiger partial charge is 0.399 e. The maximum absolute atomic E-state index is 13.2. The Balaban J connectivity index is 0.00000195. The van der Waals surface area contributed by atoms with Gasteiger partial charge in [-0.15, -0.1) is 0 Å². The van der Waals surface area contributed by atoms with Crippen LogP contribution in [0.3, 0.4) is 0 Å². The molecule has 1 aliphatic carbocycles. The number of nitrogens with zero attached hydrogens (tertiary/aromatic N) is 3. The van der Waals surface area contributed by atoms with E-state index >= 15 is 0 Å². The number of nitrogens with two attached hydrogens (primary N) is 1. The van der Waals surface area contributed by atoms with E-state index in [9.17, 15) is 18.0 Å². The number of anilines is 2. The Morgan fingerprint density at radius 1 is 1.16 bits per heavy atom. The van der Waals surface area contributed by atoms with Gasteiger partial charge in [0.1, 0.15) is 5.82 Å². The van der Waals surface area contributed by atoms with E-state index < -0.39 is 11.7 Å². The number of amides is 1. The zero-order valence-electron chi connectivity index (χ0n) is 21.8. The first kappa shape index (κ1) is 29.9. The van der Waals surface area contributed by atoms with Crippen molar-refractivity contribution < 1.29 is 22.7 Å². The van der Waals surface area contributed by atoms with Gasteiger partial charge in [-0.2, -0.15) is 13.2 Å². The predicted molar refractivity (Wildman–Crippen MR) is 142 cm³/mol. The highest BCUT2D eigenvalue weighted by Crippen LogP contribution is 2.42. The molecule has 0 unspecified atom stereocenters. The number of halogens is 4. The Kier molecular flexibility index (Phi) is 10.6. The van der Waals surface area contributed by atoms with Crippen LogP contribution >= 0.6 is 11.6 Å². The fraction of sp³-hybridized carbons (Fsp3) is 0.577. The second kappa shape index (κ2) is 13.4. The maximum atomic E-state index is 13.2. The molecule has 1 amide bonds. The van der Waals surface area contributed by atoms with Gasteiger partial charge in [-0.1, -0.05) is 13.8 Å². The van der Waals surface area contributed by atoms with Gasteiger partial charge >= 0.3 is 6.18 Å². The van der Waals surface area contributed by atoms with E-state index in [2.05, 4.69) is 25.5 Å². The summed E-state index contributed by atoms with van der Waals surface area (Å²) in [6, 6.07) is 3.41. The summed E-state index contributed by atoms with van der Waals surface area (Å²) in [7, 11) is 0. The quantitative estimate of drug-likeness (QED) is 0.219. The molecule has 1 aromatic heterocycles. The molecular weight excluding hydrogens is 521 g/mol. The summed E-state index contributed by atoms with van der Waals surface area (Å²) in [6.45, 7) is 7.45. The molecular formula is C26H36ClF3N6O2. The molecule has 4 N–H and O–H groups in total. The number of carbonyl (C=O) groups excluding carboxylic acids is 1. The van der Waals surface area contributed by atoms with Crippen LogP contribution in [0.2, 0.25) is 5.28 Å². The molecule has 2 heterocycles. The van der Waals surface area contributed by atoms with Gasteiger partial charge in [0.2, 0.25) is 11.7 Å². The van der Waals surface area contributed by atoms with Crippen molar-refractivity contribution in [3.8, 4) is 0 Å². The molecule has 2 fully saturated rings. The average molecular weight is 557 g/mol. The van der Waals surface area contributed by atoms with Crippen LogP contribution < -0.4 is 16.4 Å². The van der Waals surface area contributed by atoms with Crippen molar-refractivity contribution >= 4 is 29.5 Å². The summed E-state index contributed by atoms with van der Waals surface area (Å²) in [6.07, 6.45) is 0.960. The number of hydrogen-bond donors (Lipinski definition) is 3. The molecule has 0 atom stereocenters. The molecule has 0 bridgehead atoms. The van der Waals surface area contributed by atoms with Crippen molar-refractivity contribution in [3.63, 3.8) is 0 Å². The van der Waals surface area contributed by atoms with Crippen LogP contribution in [0.4, 0.5) is 24.7 Å². The Morgan fingerprint density at radius 2 is 1.87 bits per heavy atom. The number of rotatable bonds is 10. The number of aryl methyl sites for hydroxylation is 1. The van der Waals surface area contributed by atoms with Gasteiger partial charge in [0, 0.05) is 43.0 Å². The zero-order chi connectivity index (χ0) is 27.8. The van der Waals surface area contributed by atoms with E-state index in [0.29, 0.717) is 35.5 Å². The van der Waals surface area contributed by atoms with E-state index in [4.69, 9.17) is 22.1 Å². The number of carbonyl (C=O) groups is 1. The minimum atomic E-state index is -4.51. The summed E-state index contributed by atoms with van der Waals surface area (Å²) in [5, 5.41) is 5.75. The average Bonchev–Trinajstić information content (AvgIpc) is 2.87. The van der Waals surface area contributed by atoms with E-state index in [-0.39, 0.29) is 29.6 Å². The number of hydrogen-bond acceptors (Lipinski definition) is 7.